The highest BCUT2D eigenvalue weighted by Gasteiger charge is 2.03. The third-order valence-electron chi connectivity index (χ3n) is 2.27. The summed E-state index contributed by atoms with van der Waals surface area (Å²) in [4.78, 5) is 14.8. The first-order valence-electron chi connectivity index (χ1n) is 4.80. The number of hydrogen-bond acceptors (Lipinski definition) is 5. The Kier molecular flexibility index (Phi) is 3.88. The molecule has 0 atom stereocenters. The molecule has 1 aromatic heterocycles. The number of methoxy groups -OCH3 is 1. The lowest BCUT2D eigenvalue weighted by Gasteiger charge is -2.06. The predicted molar refractivity (Wildman–Crippen MR) is 63.5 cm³/mol. The standard InChI is InChI=1S/C11H15N3O2/c1-7-8(4-3-5-9(15)16-2)6-14-11(13)10(7)12/h3-4,6H,5,12H2,1-2H3,(H2,13,14). The van der Waals surface area contributed by atoms with E-state index in [1.807, 2.05) is 6.92 Å². The summed E-state index contributed by atoms with van der Waals surface area (Å²) >= 11 is 0. The summed E-state index contributed by atoms with van der Waals surface area (Å²) in [6.07, 6.45) is 5.32. The Bertz CT molecular complexity index is 427. The molecule has 0 unspecified atom stereocenters. The largest absolute Gasteiger partial charge is 0.469 e. The van der Waals surface area contributed by atoms with Gasteiger partial charge >= 0.3 is 5.97 Å². The second kappa shape index (κ2) is 5.16. The molecule has 0 aliphatic heterocycles. The lowest BCUT2D eigenvalue weighted by Crippen LogP contribution is -2.01. The number of hydrogen-bond donors (Lipinski definition) is 2. The maximum Gasteiger partial charge on any atom is 0.309 e. The molecule has 0 bridgehead atoms. The van der Waals surface area contributed by atoms with E-state index in [0.717, 1.165) is 11.1 Å². The quantitative estimate of drug-likeness (QED) is 0.746. The first-order chi connectivity index (χ1) is 7.56. The van der Waals surface area contributed by atoms with Crippen LogP contribution in [0.25, 0.3) is 6.08 Å². The van der Waals surface area contributed by atoms with Crippen LogP contribution in [0.2, 0.25) is 0 Å². The lowest BCUT2D eigenvalue weighted by molar-refractivity contribution is -0.139. The summed E-state index contributed by atoms with van der Waals surface area (Å²) in [5.41, 5.74) is 13.5. The van der Waals surface area contributed by atoms with E-state index >= 15 is 0 Å². The van der Waals surface area contributed by atoms with Crippen molar-refractivity contribution < 1.29 is 9.53 Å². The maximum absolute atomic E-state index is 10.9. The summed E-state index contributed by atoms with van der Waals surface area (Å²) in [6, 6.07) is 0. The Morgan fingerprint density at radius 2 is 2.25 bits per heavy atom. The number of carbonyl (C=O) groups is 1. The minimum absolute atomic E-state index is 0.222. The fourth-order valence-corrected chi connectivity index (χ4v) is 1.19. The van der Waals surface area contributed by atoms with E-state index in [0.29, 0.717) is 11.5 Å². The molecular weight excluding hydrogens is 206 g/mol. The fourth-order valence-electron chi connectivity index (χ4n) is 1.19. The molecule has 5 heteroatoms. The summed E-state index contributed by atoms with van der Waals surface area (Å²) in [6.45, 7) is 1.85. The van der Waals surface area contributed by atoms with Gasteiger partial charge < -0.3 is 16.2 Å². The van der Waals surface area contributed by atoms with Gasteiger partial charge in [0.2, 0.25) is 0 Å². The van der Waals surface area contributed by atoms with Gasteiger partial charge in [-0.1, -0.05) is 12.2 Å². The second-order valence-electron chi connectivity index (χ2n) is 3.32. The van der Waals surface area contributed by atoms with Crippen LogP contribution in [0.1, 0.15) is 17.5 Å². The topological polar surface area (TPSA) is 91.2 Å². The number of carbonyl (C=O) groups excluding carboxylic acids is 1. The SMILES string of the molecule is COC(=O)CC=Cc1cnc(N)c(N)c1C. The zero-order valence-electron chi connectivity index (χ0n) is 9.36. The predicted octanol–water partition coefficient (Wildman–Crippen LogP) is 1.13. The number of esters is 1. The van der Waals surface area contributed by atoms with Crippen molar-refractivity contribution in [2.75, 3.05) is 18.6 Å². The highest BCUT2D eigenvalue weighted by molar-refractivity contribution is 5.74. The van der Waals surface area contributed by atoms with Crippen LogP contribution in [-0.2, 0) is 9.53 Å². The molecule has 16 heavy (non-hydrogen) atoms. The van der Waals surface area contributed by atoms with Crippen molar-refractivity contribution in [2.45, 2.75) is 13.3 Å². The number of pyridine rings is 1. The van der Waals surface area contributed by atoms with Gasteiger partial charge in [-0.2, -0.15) is 0 Å². The Morgan fingerprint density at radius 3 is 2.88 bits per heavy atom. The molecule has 0 aromatic carbocycles. The molecule has 0 radical (unpaired) electrons. The maximum atomic E-state index is 10.9. The number of anilines is 2. The molecule has 0 fully saturated rings. The van der Waals surface area contributed by atoms with Crippen LogP contribution in [0, 0.1) is 6.92 Å². The van der Waals surface area contributed by atoms with E-state index in [2.05, 4.69) is 9.72 Å². The molecule has 0 spiro atoms. The van der Waals surface area contributed by atoms with Crippen molar-refractivity contribution in [1.82, 2.24) is 4.98 Å². The minimum Gasteiger partial charge on any atom is -0.469 e. The van der Waals surface area contributed by atoms with E-state index in [9.17, 15) is 4.79 Å². The van der Waals surface area contributed by atoms with Gasteiger partial charge in [-0.15, -0.1) is 0 Å². The molecule has 5 nitrogen and oxygen atoms in total. The van der Waals surface area contributed by atoms with Crippen LogP contribution in [-0.4, -0.2) is 18.1 Å². The van der Waals surface area contributed by atoms with E-state index in [1.54, 1.807) is 18.3 Å². The van der Waals surface area contributed by atoms with Crippen LogP contribution in [0.4, 0.5) is 11.5 Å². The van der Waals surface area contributed by atoms with E-state index in [4.69, 9.17) is 11.5 Å². The van der Waals surface area contributed by atoms with Crippen LogP contribution in [0.5, 0.6) is 0 Å². The first kappa shape index (κ1) is 12.0. The van der Waals surface area contributed by atoms with Gasteiger partial charge in [-0.3, -0.25) is 4.79 Å². The minimum atomic E-state index is -0.287. The monoisotopic (exact) mass is 221 g/mol. The van der Waals surface area contributed by atoms with Gasteiger partial charge in [-0.05, 0) is 18.1 Å². The van der Waals surface area contributed by atoms with Crippen LogP contribution >= 0.6 is 0 Å². The number of nitrogens with zero attached hydrogens (tertiary/aromatic N) is 1. The van der Waals surface area contributed by atoms with E-state index in [1.165, 1.54) is 7.11 Å². The Balaban J connectivity index is 2.82. The summed E-state index contributed by atoms with van der Waals surface area (Å²) < 4.78 is 4.51. The molecule has 1 rings (SSSR count). The zero-order chi connectivity index (χ0) is 12.1. The van der Waals surface area contributed by atoms with E-state index in [-0.39, 0.29) is 12.4 Å². The van der Waals surface area contributed by atoms with Crippen molar-refractivity contribution in [3.63, 3.8) is 0 Å². The Hall–Kier alpha value is -2.04. The highest BCUT2D eigenvalue weighted by Crippen LogP contribution is 2.21. The smallest absolute Gasteiger partial charge is 0.309 e. The third-order valence-corrected chi connectivity index (χ3v) is 2.27. The summed E-state index contributed by atoms with van der Waals surface area (Å²) in [7, 11) is 1.35. The molecule has 1 aromatic rings. The molecule has 4 N–H and O–H groups in total. The molecular formula is C11H15N3O2. The van der Waals surface area contributed by atoms with Crippen molar-refractivity contribution in [2.24, 2.45) is 0 Å². The van der Waals surface area contributed by atoms with Crippen molar-refractivity contribution >= 4 is 23.6 Å². The van der Waals surface area contributed by atoms with Gasteiger partial charge in [0.15, 0.2) is 0 Å². The van der Waals surface area contributed by atoms with Gasteiger partial charge in [0.1, 0.15) is 5.82 Å². The summed E-state index contributed by atoms with van der Waals surface area (Å²) in [5.74, 6) is 0.0351. The third kappa shape index (κ3) is 2.73. The number of aromatic nitrogens is 1. The number of nitrogens with two attached hydrogens (primary N) is 2. The molecule has 0 aliphatic carbocycles. The lowest BCUT2D eigenvalue weighted by atomic mass is 10.1. The number of rotatable bonds is 3. The average Bonchev–Trinajstić information content (AvgIpc) is 2.29. The molecule has 1 heterocycles. The van der Waals surface area contributed by atoms with Gasteiger partial charge in [0.05, 0.1) is 19.2 Å². The molecule has 0 saturated heterocycles. The normalized spacial score (nSPS) is 10.6. The van der Waals surface area contributed by atoms with Crippen molar-refractivity contribution in [3.8, 4) is 0 Å². The summed E-state index contributed by atoms with van der Waals surface area (Å²) in [5, 5.41) is 0. The molecule has 0 amide bonds. The Labute approximate surface area is 94.1 Å². The van der Waals surface area contributed by atoms with Crippen molar-refractivity contribution in [3.05, 3.63) is 23.4 Å². The fraction of sp³-hybridized carbons (Fsp3) is 0.273. The van der Waals surface area contributed by atoms with Crippen molar-refractivity contribution in [1.29, 1.82) is 0 Å². The molecule has 0 saturated carbocycles. The zero-order valence-corrected chi connectivity index (χ0v) is 9.36. The molecule has 0 aliphatic rings. The number of nitrogen functional groups attached to an aromatic ring is 2. The van der Waals surface area contributed by atoms with E-state index < -0.39 is 0 Å². The molecule has 86 valence electrons. The van der Waals surface area contributed by atoms with Gasteiger partial charge in [0.25, 0.3) is 0 Å². The first-order valence-corrected chi connectivity index (χ1v) is 4.80. The van der Waals surface area contributed by atoms with Crippen LogP contribution in [0.15, 0.2) is 12.3 Å². The Morgan fingerprint density at radius 1 is 1.56 bits per heavy atom. The highest BCUT2D eigenvalue weighted by atomic mass is 16.5. The van der Waals surface area contributed by atoms with Crippen LogP contribution in [0.3, 0.4) is 0 Å². The van der Waals surface area contributed by atoms with Gasteiger partial charge in [0, 0.05) is 6.20 Å². The van der Waals surface area contributed by atoms with Gasteiger partial charge in [-0.25, -0.2) is 4.98 Å². The van der Waals surface area contributed by atoms with Crippen LogP contribution < -0.4 is 11.5 Å². The second-order valence-corrected chi connectivity index (χ2v) is 3.32. The number of ether oxygens (including phenoxy) is 1. The average molecular weight is 221 g/mol.